The van der Waals surface area contributed by atoms with Crippen LogP contribution in [0.1, 0.15) is 16.7 Å². The van der Waals surface area contributed by atoms with E-state index in [9.17, 15) is 4.79 Å². The first-order valence-electron chi connectivity index (χ1n) is 7.91. The van der Waals surface area contributed by atoms with E-state index in [2.05, 4.69) is 10.2 Å². The number of carbonyl (C=O) groups excluding carboxylic acids is 1. The SMILES string of the molecule is COc1ccccc1/C=N/N=C1\SCC(=O)N1Cc1ccccc1C. The van der Waals surface area contributed by atoms with Gasteiger partial charge in [0.1, 0.15) is 5.75 Å². The summed E-state index contributed by atoms with van der Waals surface area (Å²) in [4.78, 5) is 13.9. The highest BCUT2D eigenvalue weighted by Gasteiger charge is 2.28. The van der Waals surface area contributed by atoms with Crippen molar-refractivity contribution in [3.63, 3.8) is 0 Å². The Kier molecular flexibility index (Phi) is 5.50. The molecule has 0 aliphatic carbocycles. The number of nitrogens with zero attached hydrogens (tertiary/aromatic N) is 3. The van der Waals surface area contributed by atoms with Gasteiger partial charge in [-0.25, -0.2) is 0 Å². The third-order valence-electron chi connectivity index (χ3n) is 3.93. The Bertz CT molecular complexity index is 833. The van der Waals surface area contributed by atoms with Gasteiger partial charge >= 0.3 is 0 Å². The topological polar surface area (TPSA) is 54.3 Å². The Labute approximate surface area is 151 Å². The van der Waals surface area contributed by atoms with Crippen molar-refractivity contribution >= 4 is 29.1 Å². The number of rotatable bonds is 5. The Balaban J connectivity index is 1.78. The van der Waals surface area contributed by atoms with Gasteiger partial charge in [0.15, 0.2) is 5.17 Å². The van der Waals surface area contributed by atoms with Crippen LogP contribution in [-0.2, 0) is 11.3 Å². The maximum Gasteiger partial charge on any atom is 0.239 e. The predicted octanol–water partition coefficient (Wildman–Crippen LogP) is 3.47. The number of hydrogen-bond acceptors (Lipinski definition) is 5. The number of amides is 1. The second kappa shape index (κ2) is 7.98. The smallest absolute Gasteiger partial charge is 0.239 e. The van der Waals surface area contributed by atoms with Gasteiger partial charge in [-0.1, -0.05) is 48.2 Å². The van der Waals surface area contributed by atoms with Crippen molar-refractivity contribution in [2.45, 2.75) is 13.5 Å². The van der Waals surface area contributed by atoms with E-state index in [0.29, 0.717) is 17.5 Å². The molecule has 2 aromatic rings. The number of methoxy groups -OCH3 is 1. The minimum Gasteiger partial charge on any atom is -0.496 e. The molecule has 1 aliphatic heterocycles. The van der Waals surface area contributed by atoms with Crippen molar-refractivity contribution in [1.82, 2.24) is 4.90 Å². The fourth-order valence-electron chi connectivity index (χ4n) is 2.50. The van der Waals surface area contributed by atoms with Crippen molar-refractivity contribution in [3.05, 3.63) is 65.2 Å². The molecule has 1 amide bonds. The summed E-state index contributed by atoms with van der Waals surface area (Å²) in [6.07, 6.45) is 1.64. The summed E-state index contributed by atoms with van der Waals surface area (Å²) in [6, 6.07) is 15.6. The van der Waals surface area contributed by atoms with E-state index >= 15 is 0 Å². The zero-order valence-electron chi connectivity index (χ0n) is 14.2. The van der Waals surface area contributed by atoms with Crippen LogP contribution in [0.2, 0.25) is 0 Å². The van der Waals surface area contributed by atoms with Gasteiger partial charge in [-0.05, 0) is 30.2 Å². The average molecular weight is 353 g/mol. The summed E-state index contributed by atoms with van der Waals surface area (Å²) in [6.45, 7) is 2.56. The maximum absolute atomic E-state index is 12.2. The summed E-state index contributed by atoms with van der Waals surface area (Å²) in [5.74, 6) is 1.19. The molecule has 0 spiro atoms. The summed E-state index contributed by atoms with van der Waals surface area (Å²) < 4.78 is 5.29. The summed E-state index contributed by atoms with van der Waals surface area (Å²) in [5.41, 5.74) is 3.11. The van der Waals surface area contributed by atoms with Crippen LogP contribution in [0.25, 0.3) is 0 Å². The van der Waals surface area contributed by atoms with Crippen LogP contribution < -0.4 is 4.74 Å². The number of aryl methyl sites for hydroxylation is 1. The highest BCUT2D eigenvalue weighted by Crippen LogP contribution is 2.23. The summed E-state index contributed by atoms with van der Waals surface area (Å²) in [5, 5.41) is 9.02. The lowest BCUT2D eigenvalue weighted by Crippen LogP contribution is -2.29. The zero-order chi connectivity index (χ0) is 17.6. The first-order valence-corrected chi connectivity index (χ1v) is 8.89. The molecule has 0 saturated carbocycles. The second-order valence-corrected chi connectivity index (χ2v) is 6.51. The molecular weight excluding hydrogens is 334 g/mol. The molecule has 0 atom stereocenters. The van der Waals surface area contributed by atoms with Crippen molar-refractivity contribution in [2.75, 3.05) is 12.9 Å². The van der Waals surface area contributed by atoms with Crippen molar-refractivity contribution < 1.29 is 9.53 Å². The van der Waals surface area contributed by atoms with Gasteiger partial charge in [0.2, 0.25) is 5.91 Å². The van der Waals surface area contributed by atoms with E-state index in [-0.39, 0.29) is 5.91 Å². The van der Waals surface area contributed by atoms with Gasteiger partial charge in [0.25, 0.3) is 0 Å². The third-order valence-corrected chi connectivity index (χ3v) is 4.88. The molecule has 0 unspecified atom stereocenters. The van der Waals surface area contributed by atoms with Crippen molar-refractivity contribution in [3.8, 4) is 5.75 Å². The number of thioether (sulfide) groups is 1. The number of benzene rings is 2. The Morgan fingerprint density at radius 1 is 1.20 bits per heavy atom. The quantitative estimate of drug-likeness (QED) is 0.611. The molecule has 0 aromatic heterocycles. The van der Waals surface area contributed by atoms with Gasteiger partial charge in [-0.15, -0.1) is 5.10 Å². The first kappa shape index (κ1) is 17.2. The molecule has 128 valence electrons. The first-order chi connectivity index (χ1) is 12.2. The Morgan fingerprint density at radius 3 is 2.76 bits per heavy atom. The van der Waals surface area contributed by atoms with Crippen LogP contribution in [0.4, 0.5) is 0 Å². The number of carbonyl (C=O) groups is 1. The second-order valence-electron chi connectivity index (χ2n) is 5.56. The van der Waals surface area contributed by atoms with E-state index in [1.54, 1.807) is 18.2 Å². The van der Waals surface area contributed by atoms with Crippen LogP contribution in [0.3, 0.4) is 0 Å². The molecule has 1 fully saturated rings. The van der Waals surface area contributed by atoms with Gasteiger partial charge in [0.05, 0.1) is 25.6 Å². The molecule has 25 heavy (non-hydrogen) atoms. The largest absolute Gasteiger partial charge is 0.496 e. The van der Waals surface area contributed by atoms with E-state index in [1.807, 2.05) is 55.5 Å². The lowest BCUT2D eigenvalue weighted by Gasteiger charge is -2.16. The number of ether oxygens (including phenoxy) is 1. The third kappa shape index (κ3) is 4.09. The van der Waals surface area contributed by atoms with Crippen LogP contribution in [0, 0.1) is 6.92 Å². The fraction of sp³-hybridized carbons (Fsp3) is 0.211. The van der Waals surface area contributed by atoms with Gasteiger partial charge in [-0.2, -0.15) is 5.10 Å². The molecule has 2 aromatic carbocycles. The van der Waals surface area contributed by atoms with Gasteiger partial charge < -0.3 is 4.74 Å². The lowest BCUT2D eigenvalue weighted by molar-refractivity contribution is -0.124. The van der Waals surface area contributed by atoms with Crippen LogP contribution in [0.15, 0.2) is 58.7 Å². The molecule has 0 bridgehead atoms. The average Bonchev–Trinajstić information content (AvgIpc) is 2.97. The van der Waals surface area contributed by atoms with E-state index in [1.165, 1.54) is 11.8 Å². The van der Waals surface area contributed by atoms with Crippen molar-refractivity contribution in [2.24, 2.45) is 10.2 Å². The van der Waals surface area contributed by atoms with E-state index < -0.39 is 0 Å². The molecule has 1 aliphatic rings. The number of para-hydroxylation sites is 1. The van der Waals surface area contributed by atoms with Crippen LogP contribution >= 0.6 is 11.8 Å². The fourth-order valence-corrected chi connectivity index (χ4v) is 3.33. The predicted molar refractivity (Wildman–Crippen MR) is 102 cm³/mol. The molecule has 6 heteroatoms. The molecule has 5 nitrogen and oxygen atoms in total. The standard InChI is InChI=1S/C19H19N3O2S/c1-14-7-3-4-9-16(14)12-22-18(23)13-25-19(22)21-20-11-15-8-5-6-10-17(15)24-2/h3-11H,12-13H2,1-2H3/b20-11+,21-19-. The molecule has 1 heterocycles. The number of amidine groups is 1. The maximum atomic E-state index is 12.2. The lowest BCUT2D eigenvalue weighted by atomic mass is 10.1. The summed E-state index contributed by atoms with van der Waals surface area (Å²) in [7, 11) is 1.62. The monoisotopic (exact) mass is 353 g/mol. The highest BCUT2D eigenvalue weighted by atomic mass is 32.2. The molecule has 0 N–H and O–H groups in total. The Morgan fingerprint density at radius 2 is 1.96 bits per heavy atom. The van der Waals surface area contributed by atoms with Gasteiger partial charge in [0, 0.05) is 5.56 Å². The molecule has 0 radical (unpaired) electrons. The highest BCUT2D eigenvalue weighted by molar-refractivity contribution is 8.15. The minimum atomic E-state index is 0.0551. The van der Waals surface area contributed by atoms with Crippen LogP contribution in [0.5, 0.6) is 5.75 Å². The van der Waals surface area contributed by atoms with E-state index in [0.717, 1.165) is 22.4 Å². The molecule has 1 saturated heterocycles. The van der Waals surface area contributed by atoms with Gasteiger partial charge in [-0.3, -0.25) is 9.69 Å². The normalized spacial score (nSPS) is 16.2. The van der Waals surface area contributed by atoms with E-state index in [4.69, 9.17) is 4.74 Å². The molecular formula is C19H19N3O2S. The van der Waals surface area contributed by atoms with Crippen molar-refractivity contribution in [1.29, 1.82) is 0 Å². The summed E-state index contributed by atoms with van der Waals surface area (Å²) >= 11 is 1.41. The Hall–Kier alpha value is -2.60. The zero-order valence-corrected chi connectivity index (χ0v) is 15.0. The molecule has 3 rings (SSSR count). The van der Waals surface area contributed by atoms with Crippen LogP contribution in [-0.4, -0.2) is 35.1 Å². The minimum absolute atomic E-state index is 0.0551. The number of hydrogen-bond donors (Lipinski definition) is 0.